The van der Waals surface area contributed by atoms with Crippen molar-refractivity contribution in [1.82, 2.24) is 30.1 Å². The summed E-state index contributed by atoms with van der Waals surface area (Å²) in [6.07, 6.45) is 0.772. The molecule has 308 valence electrons. The van der Waals surface area contributed by atoms with Crippen LogP contribution in [0, 0.1) is 11.2 Å². The van der Waals surface area contributed by atoms with E-state index in [4.69, 9.17) is 4.74 Å². The summed E-state index contributed by atoms with van der Waals surface area (Å²) in [6, 6.07) is 9.15. The maximum atomic E-state index is 14.8. The van der Waals surface area contributed by atoms with Crippen molar-refractivity contribution in [3.63, 3.8) is 0 Å². The normalized spacial score (nSPS) is 22.8. The lowest BCUT2D eigenvalue weighted by atomic mass is 9.85. The highest BCUT2D eigenvalue weighted by molar-refractivity contribution is 7.91. The van der Waals surface area contributed by atoms with Gasteiger partial charge in [-0.2, -0.15) is 0 Å². The number of nitrogens with zero attached hydrogens (tertiary/aromatic N) is 3. The average Bonchev–Trinajstić information content (AvgIpc) is 4.04. The molecule has 0 radical (unpaired) electrons. The summed E-state index contributed by atoms with van der Waals surface area (Å²) in [5.41, 5.74) is 0.0330. The Morgan fingerprint density at radius 3 is 2.42 bits per heavy atom. The summed E-state index contributed by atoms with van der Waals surface area (Å²) in [4.78, 5) is 73.6. The highest BCUT2D eigenvalue weighted by atomic mass is 32.2. The molecule has 0 spiro atoms. The van der Waals surface area contributed by atoms with Crippen LogP contribution in [0.25, 0.3) is 0 Å². The molecule has 0 unspecified atom stereocenters. The van der Waals surface area contributed by atoms with E-state index in [1.54, 1.807) is 49.4 Å². The smallest absolute Gasteiger partial charge is 0.410 e. The number of anilines is 1. The Balaban J connectivity index is 1.24. The number of likely N-dealkylation sites (N-methyl/N-ethyl adjacent to an activating group) is 1. The van der Waals surface area contributed by atoms with Gasteiger partial charge in [-0.25, -0.2) is 17.6 Å². The summed E-state index contributed by atoms with van der Waals surface area (Å²) in [5.74, 6) is -2.83. The number of fused-ring (bicyclic) bond motifs is 1. The number of benzene rings is 2. The lowest BCUT2D eigenvalue weighted by Crippen LogP contribution is -2.58. The molecule has 2 heterocycles. The number of halogens is 1. The first-order chi connectivity index (χ1) is 26.8. The van der Waals surface area contributed by atoms with Crippen molar-refractivity contribution in [3.8, 4) is 0 Å². The first kappa shape index (κ1) is 41.6. The maximum absolute atomic E-state index is 14.8. The Kier molecular flexibility index (Phi) is 11.7. The van der Waals surface area contributed by atoms with Gasteiger partial charge in [0.05, 0.1) is 18.3 Å². The number of sulfonamides is 1. The highest BCUT2D eigenvalue weighted by Gasteiger charge is 2.59. The van der Waals surface area contributed by atoms with E-state index in [0.717, 1.165) is 0 Å². The van der Waals surface area contributed by atoms with Crippen LogP contribution in [0.3, 0.4) is 0 Å². The predicted molar refractivity (Wildman–Crippen MR) is 210 cm³/mol. The molecule has 2 saturated carbocycles. The minimum Gasteiger partial charge on any atom is -0.444 e. The average molecular weight is 810 g/mol. The van der Waals surface area contributed by atoms with Crippen LogP contribution in [0.1, 0.15) is 74.9 Å². The Labute approximate surface area is 332 Å². The number of amides is 5. The fraction of sp³-hybridized carbons (Fsp3) is 0.525. The van der Waals surface area contributed by atoms with Gasteiger partial charge in [0.1, 0.15) is 29.5 Å². The molecule has 4 N–H and O–H groups in total. The van der Waals surface area contributed by atoms with Gasteiger partial charge >= 0.3 is 6.09 Å². The van der Waals surface area contributed by atoms with Crippen LogP contribution >= 0.6 is 0 Å². The second-order valence-corrected chi connectivity index (χ2v) is 18.6. The zero-order valence-corrected chi connectivity index (χ0v) is 34.0. The van der Waals surface area contributed by atoms with E-state index in [9.17, 15) is 36.8 Å². The van der Waals surface area contributed by atoms with E-state index in [1.807, 2.05) is 39.8 Å². The third-order valence-electron chi connectivity index (χ3n) is 10.8. The molecule has 3 fully saturated rings. The van der Waals surface area contributed by atoms with Crippen LogP contribution in [0.4, 0.5) is 14.9 Å². The second kappa shape index (κ2) is 16.1. The Bertz CT molecular complexity index is 2080. The second-order valence-electron chi connectivity index (χ2n) is 16.6. The van der Waals surface area contributed by atoms with Gasteiger partial charge in [-0.3, -0.25) is 28.8 Å². The zero-order chi connectivity index (χ0) is 41.4. The van der Waals surface area contributed by atoms with Crippen molar-refractivity contribution >= 4 is 45.4 Å². The first-order valence-corrected chi connectivity index (χ1v) is 20.7. The van der Waals surface area contributed by atoms with Gasteiger partial charge in [-0.05, 0) is 74.7 Å². The molecule has 0 bridgehead atoms. The van der Waals surface area contributed by atoms with Gasteiger partial charge in [-0.1, -0.05) is 45.0 Å². The molecule has 15 nitrogen and oxygen atoms in total. The van der Waals surface area contributed by atoms with Gasteiger partial charge in [0.15, 0.2) is 0 Å². The number of allylic oxidation sites excluding steroid dienone is 1. The maximum Gasteiger partial charge on any atom is 0.410 e. The van der Waals surface area contributed by atoms with Gasteiger partial charge in [0, 0.05) is 49.3 Å². The molecule has 2 aliphatic heterocycles. The molecule has 4 aliphatic rings. The molecule has 1 saturated heterocycles. The minimum atomic E-state index is -3.93. The van der Waals surface area contributed by atoms with E-state index >= 15 is 0 Å². The van der Waals surface area contributed by atoms with Crippen molar-refractivity contribution in [2.45, 2.75) is 95.4 Å². The monoisotopic (exact) mass is 809 g/mol. The number of hydrogen-bond acceptors (Lipinski definition) is 10. The summed E-state index contributed by atoms with van der Waals surface area (Å²) >= 11 is 0. The SMILES string of the molecule is C/C=C1\C[C@]1(NC(=O)[C@@H]1C[C@@H](OC(=O)N2Cc3cccc(F)c3C2)CN1C(=O)[C@@H](Nc1cccc(C(=O)NCCN(C)C)c1)C(C)(C)C)C(=O)NS(=O)(=O)C1CC1. The molecule has 4 atom stereocenters. The number of hydrogen-bond donors (Lipinski definition) is 4. The van der Waals surface area contributed by atoms with Crippen LogP contribution in [0.2, 0.25) is 0 Å². The summed E-state index contributed by atoms with van der Waals surface area (Å²) in [6.45, 7) is 8.24. The summed E-state index contributed by atoms with van der Waals surface area (Å²) < 4.78 is 48.0. The molecule has 2 aromatic rings. The number of carbonyl (C=O) groups excluding carboxylic acids is 5. The van der Waals surface area contributed by atoms with Crippen LogP contribution in [-0.4, -0.2) is 116 Å². The Hall–Kier alpha value is -5.03. The number of carbonyl (C=O) groups is 5. The van der Waals surface area contributed by atoms with Crippen molar-refractivity contribution in [2.24, 2.45) is 5.41 Å². The van der Waals surface area contributed by atoms with E-state index in [1.165, 1.54) is 15.9 Å². The fourth-order valence-corrected chi connectivity index (χ4v) is 8.65. The summed E-state index contributed by atoms with van der Waals surface area (Å²) in [5, 5.41) is 8.24. The zero-order valence-electron chi connectivity index (χ0n) is 33.2. The van der Waals surface area contributed by atoms with E-state index in [0.29, 0.717) is 53.9 Å². The van der Waals surface area contributed by atoms with Crippen molar-refractivity contribution in [1.29, 1.82) is 0 Å². The first-order valence-electron chi connectivity index (χ1n) is 19.2. The largest absolute Gasteiger partial charge is 0.444 e. The van der Waals surface area contributed by atoms with E-state index in [2.05, 4.69) is 20.7 Å². The van der Waals surface area contributed by atoms with Crippen molar-refractivity contribution in [2.75, 3.05) is 39.0 Å². The number of rotatable bonds is 13. The number of ether oxygens (including phenoxy) is 1. The molecule has 5 amide bonds. The van der Waals surface area contributed by atoms with Gasteiger partial charge in [-0.15, -0.1) is 0 Å². The van der Waals surface area contributed by atoms with E-state index < -0.39 is 74.0 Å². The third kappa shape index (κ3) is 9.25. The van der Waals surface area contributed by atoms with Crippen LogP contribution in [0.15, 0.2) is 54.1 Å². The summed E-state index contributed by atoms with van der Waals surface area (Å²) in [7, 11) is -0.127. The quantitative estimate of drug-likeness (QED) is 0.219. The molecule has 2 aliphatic carbocycles. The lowest BCUT2D eigenvalue weighted by molar-refractivity contribution is -0.141. The van der Waals surface area contributed by atoms with Gasteiger partial charge in [0.2, 0.25) is 21.8 Å². The molecule has 6 rings (SSSR count). The molecular formula is C40H52FN7O8S. The Morgan fingerprint density at radius 2 is 1.79 bits per heavy atom. The topological polar surface area (TPSA) is 187 Å². The number of nitrogens with one attached hydrogen (secondary N) is 4. The highest BCUT2D eigenvalue weighted by Crippen LogP contribution is 2.44. The van der Waals surface area contributed by atoms with Crippen LogP contribution < -0.4 is 20.7 Å². The van der Waals surface area contributed by atoms with Gasteiger partial charge < -0.3 is 30.5 Å². The van der Waals surface area contributed by atoms with E-state index in [-0.39, 0.29) is 38.4 Å². The van der Waals surface area contributed by atoms with Crippen LogP contribution in [-0.2, 0) is 42.2 Å². The Morgan fingerprint density at radius 1 is 1.07 bits per heavy atom. The van der Waals surface area contributed by atoms with Crippen LogP contribution in [0.5, 0.6) is 0 Å². The minimum absolute atomic E-state index is 0.00357. The fourth-order valence-electron chi connectivity index (χ4n) is 7.30. The molecule has 0 aromatic heterocycles. The van der Waals surface area contributed by atoms with Crippen molar-refractivity contribution < 1.29 is 41.5 Å². The molecular weight excluding hydrogens is 758 g/mol. The number of likely N-dealkylation sites (tertiary alicyclic amines) is 1. The van der Waals surface area contributed by atoms with Gasteiger partial charge in [0.25, 0.3) is 11.8 Å². The standard InChI is InChI=1S/C40H52FN7O8S/c1-7-26-20-40(26,37(52)45-57(54,55)29-14-15-29)44-35(50)32-19-28(56-38(53)47-21-25-11-9-13-31(41)30(25)23-47)22-48(32)36(51)33(39(2,3)4)43-27-12-8-10-24(18-27)34(49)42-16-17-46(5)6/h7-13,18,28-29,32-33,43H,14-17,19-23H2,1-6H3,(H,42,49)(H,44,50)(H,45,52)/b26-7+/t28-,32+,33-,40-/m1/s1. The molecule has 57 heavy (non-hydrogen) atoms. The molecule has 2 aromatic carbocycles. The predicted octanol–water partition coefficient (Wildman–Crippen LogP) is 2.88. The molecule has 17 heteroatoms. The van der Waals surface area contributed by atoms with Crippen molar-refractivity contribution in [3.05, 3.63) is 76.6 Å². The third-order valence-corrected chi connectivity index (χ3v) is 12.7. The lowest BCUT2D eigenvalue weighted by Gasteiger charge is -2.36.